The molecule has 0 saturated carbocycles. The maximum absolute atomic E-state index is 5.97. The van der Waals surface area contributed by atoms with Gasteiger partial charge in [-0.25, -0.2) is 9.97 Å². The Labute approximate surface area is 174 Å². The van der Waals surface area contributed by atoms with E-state index in [1.807, 2.05) is 18.2 Å². The van der Waals surface area contributed by atoms with E-state index < -0.39 is 0 Å². The fraction of sp³-hybridized carbons (Fsp3) is 0.385. The third kappa shape index (κ3) is 5.51. The van der Waals surface area contributed by atoms with E-state index in [0.717, 1.165) is 40.0 Å². The Morgan fingerprint density at radius 1 is 0.931 bits per heavy atom. The molecule has 0 fully saturated rings. The lowest BCUT2D eigenvalue weighted by atomic mass is 10.0. The van der Waals surface area contributed by atoms with Gasteiger partial charge in [0.1, 0.15) is 0 Å². The summed E-state index contributed by atoms with van der Waals surface area (Å²) in [6.07, 6.45) is 5.41. The molecule has 0 saturated heterocycles. The van der Waals surface area contributed by atoms with Crippen molar-refractivity contribution in [2.45, 2.75) is 65.6 Å². The van der Waals surface area contributed by atoms with E-state index in [2.05, 4.69) is 84.0 Å². The first-order valence-electron chi connectivity index (χ1n) is 10.5. The van der Waals surface area contributed by atoms with Crippen LogP contribution in [0.1, 0.15) is 65.1 Å². The standard InChI is InChI=1S/C26H32N2O/c1-18(2)24-25(21-12-8-7-9-13-21)27-22-15-14-20(17-23(22)28-24)11-10-16-26(5,6)29-19(3)4/h7-15,17-19H,16H2,1-6H3/b11-10+. The van der Waals surface area contributed by atoms with E-state index >= 15 is 0 Å². The Balaban J connectivity index is 1.91. The van der Waals surface area contributed by atoms with Crippen molar-refractivity contribution in [3.05, 3.63) is 65.9 Å². The van der Waals surface area contributed by atoms with Gasteiger partial charge < -0.3 is 4.74 Å². The highest BCUT2D eigenvalue weighted by atomic mass is 16.5. The molecular formula is C26H32N2O. The maximum Gasteiger partial charge on any atom is 0.0927 e. The monoisotopic (exact) mass is 388 g/mol. The number of benzene rings is 2. The average Bonchev–Trinajstić information content (AvgIpc) is 2.66. The Hall–Kier alpha value is -2.52. The van der Waals surface area contributed by atoms with Crippen LogP contribution in [-0.4, -0.2) is 21.7 Å². The van der Waals surface area contributed by atoms with E-state index in [1.165, 1.54) is 0 Å². The van der Waals surface area contributed by atoms with E-state index in [1.54, 1.807) is 0 Å². The van der Waals surface area contributed by atoms with E-state index in [-0.39, 0.29) is 11.7 Å². The molecule has 152 valence electrons. The number of fused-ring (bicyclic) bond motifs is 1. The van der Waals surface area contributed by atoms with Crippen molar-refractivity contribution in [2.24, 2.45) is 0 Å². The predicted octanol–water partition coefficient (Wildman–Crippen LogP) is 7.03. The van der Waals surface area contributed by atoms with Crippen molar-refractivity contribution in [3.63, 3.8) is 0 Å². The molecule has 0 unspecified atom stereocenters. The zero-order valence-corrected chi connectivity index (χ0v) is 18.4. The van der Waals surface area contributed by atoms with Crippen LogP contribution < -0.4 is 0 Å². The topological polar surface area (TPSA) is 35.0 Å². The molecule has 0 spiro atoms. The van der Waals surface area contributed by atoms with Crippen LogP contribution in [0, 0.1) is 0 Å². The van der Waals surface area contributed by atoms with E-state index in [4.69, 9.17) is 14.7 Å². The summed E-state index contributed by atoms with van der Waals surface area (Å²) in [6.45, 7) is 12.7. The quantitative estimate of drug-likeness (QED) is 0.436. The lowest BCUT2D eigenvalue weighted by molar-refractivity contribution is -0.0529. The van der Waals surface area contributed by atoms with Crippen LogP contribution in [0.15, 0.2) is 54.6 Å². The molecule has 2 aromatic carbocycles. The Morgan fingerprint density at radius 2 is 1.66 bits per heavy atom. The normalized spacial score (nSPS) is 12.6. The molecule has 0 radical (unpaired) electrons. The minimum Gasteiger partial charge on any atom is -0.373 e. The van der Waals surface area contributed by atoms with Gasteiger partial charge in [0, 0.05) is 5.56 Å². The summed E-state index contributed by atoms with van der Waals surface area (Å²) in [6, 6.07) is 16.6. The number of ether oxygens (including phenoxy) is 1. The number of aromatic nitrogens is 2. The van der Waals surface area contributed by atoms with Crippen LogP contribution in [0.2, 0.25) is 0 Å². The molecule has 3 heteroatoms. The predicted molar refractivity (Wildman–Crippen MR) is 123 cm³/mol. The molecule has 0 amide bonds. The second-order valence-corrected chi connectivity index (χ2v) is 8.76. The highest BCUT2D eigenvalue weighted by Crippen LogP contribution is 2.28. The summed E-state index contributed by atoms with van der Waals surface area (Å²) >= 11 is 0. The van der Waals surface area contributed by atoms with Gasteiger partial charge in [0.25, 0.3) is 0 Å². The third-order valence-electron chi connectivity index (χ3n) is 4.78. The summed E-state index contributed by atoms with van der Waals surface area (Å²) < 4.78 is 5.97. The SMILES string of the molecule is CC(C)OC(C)(C)C/C=C/c1ccc2nc(-c3ccccc3)c(C(C)C)nc2c1. The molecule has 0 aliphatic carbocycles. The van der Waals surface area contributed by atoms with Crippen LogP contribution >= 0.6 is 0 Å². The first kappa shape index (κ1) is 21.2. The second-order valence-electron chi connectivity index (χ2n) is 8.76. The molecule has 1 heterocycles. The minimum absolute atomic E-state index is 0.170. The van der Waals surface area contributed by atoms with Crippen LogP contribution in [0.25, 0.3) is 28.4 Å². The van der Waals surface area contributed by atoms with Gasteiger partial charge in [0.15, 0.2) is 0 Å². The number of hydrogen-bond donors (Lipinski definition) is 0. The van der Waals surface area contributed by atoms with Crippen LogP contribution in [-0.2, 0) is 4.74 Å². The maximum atomic E-state index is 5.97. The van der Waals surface area contributed by atoms with Gasteiger partial charge in [-0.2, -0.15) is 0 Å². The molecule has 3 nitrogen and oxygen atoms in total. The molecule has 0 aliphatic rings. The van der Waals surface area contributed by atoms with Crippen molar-refractivity contribution in [1.29, 1.82) is 0 Å². The van der Waals surface area contributed by atoms with Crippen molar-refractivity contribution >= 4 is 17.1 Å². The summed E-state index contributed by atoms with van der Waals surface area (Å²) in [4.78, 5) is 9.94. The average molecular weight is 389 g/mol. The fourth-order valence-corrected chi connectivity index (χ4v) is 3.56. The number of rotatable bonds is 7. The van der Waals surface area contributed by atoms with Gasteiger partial charge in [0.2, 0.25) is 0 Å². The highest BCUT2D eigenvalue weighted by molar-refractivity contribution is 5.81. The van der Waals surface area contributed by atoms with Crippen LogP contribution in [0.5, 0.6) is 0 Å². The van der Waals surface area contributed by atoms with E-state index in [0.29, 0.717) is 5.92 Å². The first-order chi connectivity index (χ1) is 13.7. The summed E-state index contributed by atoms with van der Waals surface area (Å²) in [7, 11) is 0. The number of nitrogens with zero attached hydrogens (tertiary/aromatic N) is 2. The van der Waals surface area contributed by atoms with Crippen molar-refractivity contribution in [3.8, 4) is 11.3 Å². The first-order valence-corrected chi connectivity index (χ1v) is 10.5. The van der Waals surface area contributed by atoms with Crippen molar-refractivity contribution in [1.82, 2.24) is 9.97 Å². The van der Waals surface area contributed by atoms with Gasteiger partial charge in [-0.3, -0.25) is 0 Å². The fourth-order valence-electron chi connectivity index (χ4n) is 3.56. The summed E-state index contributed by atoms with van der Waals surface area (Å²) in [5.41, 5.74) is 5.95. The molecule has 1 aromatic heterocycles. The minimum atomic E-state index is -0.170. The Morgan fingerprint density at radius 3 is 2.31 bits per heavy atom. The second kappa shape index (κ2) is 8.87. The lowest BCUT2D eigenvalue weighted by Gasteiger charge is -2.26. The molecule has 0 N–H and O–H groups in total. The largest absolute Gasteiger partial charge is 0.373 e. The van der Waals surface area contributed by atoms with E-state index in [9.17, 15) is 0 Å². The molecule has 29 heavy (non-hydrogen) atoms. The molecule has 3 rings (SSSR count). The van der Waals surface area contributed by atoms with Crippen molar-refractivity contribution < 1.29 is 4.74 Å². The van der Waals surface area contributed by atoms with Gasteiger partial charge in [-0.1, -0.05) is 62.4 Å². The van der Waals surface area contributed by atoms with Gasteiger partial charge in [-0.05, 0) is 57.7 Å². The zero-order valence-electron chi connectivity index (χ0n) is 18.4. The number of hydrogen-bond acceptors (Lipinski definition) is 3. The van der Waals surface area contributed by atoms with Gasteiger partial charge in [-0.15, -0.1) is 0 Å². The summed E-state index contributed by atoms with van der Waals surface area (Å²) in [5.74, 6) is 0.301. The van der Waals surface area contributed by atoms with Gasteiger partial charge in [0.05, 0.1) is 34.1 Å². The summed E-state index contributed by atoms with van der Waals surface area (Å²) in [5, 5.41) is 0. The molecule has 3 aromatic rings. The molecule has 0 atom stereocenters. The smallest absolute Gasteiger partial charge is 0.0927 e. The Bertz CT molecular complexity index is 988. The zero-order chi connectivity index (χ0) is 21.0. The van der Waals surface area contributed by atoms with Crippen LogP contribution in [0.3, 0.4) is 0 Å². The molecule has 0 bridgehead atoms. The Kier molecular flexibility index (Phi) is 6.49. The molecular weight excluding hydrogens is 356 g/mol. The lowest BCUT2D eigenvalue weighted by Crippen LogP contribution is -2.27. The van der Waals surface area contributed by atoms with Crippen molar-refractivity contribution in [2.75, 3.05) is 0 Å². The highest BCUT2D eigenvalue weighted by Gasteiger charge is 2.18. The van der Waals surface area contributed by atoms with Gasteiger partial charge >= 0.3 is 0 Å². The molecule has 0 aliphatic heterocycles. The van der Waals surface area contributed by atoms with Crippen LogP contribution in [0.4, 0.5) is 0 Å². The third-order valence-corrected chi connectivity index (χ3v) is 4.78.